The van der Waals surface area contributed by atoms with Gasteiger partial charge in [-0.05, 0) is 12.1 Å². The highest BCUT2D eigenvalue weighted by atomic mass is 16.5. The van der Waals surface area contributed by atoms with Gasteiger partial charge in [-0.2, -0.15) is 9.97 Å². The van der Waals surface area contributed by atoms with Crippen LogP contribution in [0.3, 0.4) is 0 Å². The van der Waals surface area contributed by atoms with Crippen molar-refractivity contribution in [1.29, 1.82) is 0 Å². The number of aromatic nitrogens is 3. The zero-order valence-corrected chi connectivity index (χ0v) is 11.7. The van der Waals surface area contributed by atoms with Crippen LogP contribution >= 0.6 is 0 Å². The molecule has 1 aromatic heterocycles. The monoisotopic (exact) mass is 289 g/mol. The van der Waals surface area contributed by atoms with Crippen molar-refractivity contribution >= 4 is 11.7 Å². The predicted octanol–water partition coefficient (Wildman–Crippen LogP) is 1.21. The summed E-state index contributed by atoms with van der Waals surface area (Å²) in [6, 6.07) is 8.99. The number of urea groups is 1. The molecule has 8 nitrogen and oxygen atoms in total. The molecule has 0 aliphatic carbocycles. The molecule has 2 aromatic rings. The first-order chi connectivity index (χ1) is 10.2. The average molecular weight is 289 g/mol. The Hall–Kier alpha value is -2.90. The SMILES string of the molecule is COc1nc(CNC(=O)Nc2ccccc2)nc(OC)n1. The molecule has 0 atom stereocenters. The van der Waals surface area contributed by atoms with Gasteiger partial charge < -0.3 is 20.1 Å². The van der Waals surface area contributed by atoms with E-state index in [9.17, 15) is 4.79 Å². The second-order valence-corrected chi connectivity index (χ2v) is 3.90. The Morgan fingerprint density at radius 3 is 2.24 bits per heavy atom. The van der Waals surface area contributed by atoms with E-state index in [4.69, 9.17) is 9.47 Å². The molecule has 0 bridgehead atoms. The lowest BCUT2D eigenvalue weighted by molar-refractivity contribution is 0.251. The number of methoxy groups -OCH3 is 2. The van der Waals surface area contributed by atoms with Crippen LogP contribution in [0.2, 0.25) is 0 Å². The Kier molecular flexibility index (Phi) is 4.86. The van der Waals surface area contributed by atoms with Gasteiger partial charge in [-0.1, -0.05) is 18.2 Å². The number of ether oxygens (including phenoxy) is 2. The highest BCUT2D eigenvalue weighted by Gasteiger charge is 2.08. The van der Waals surface area contributed by atoms with Gasteiger partial charge in [-0.3, -0.25) is 0 Å². The first kappa shape index (κ1) is 14.5. The van der Waals surface area contributed by atoms with E-state index in [1.54, 1.807) is 12.1 Å². The summed E-state index contributed by atoms with van der Waals surface area (Å²) >= 11 is 0. The maximum atomic E-state index is 11.7. The Balaban J connectivity index is 1.94. The molecule has 2 amide bonds. The second kappa shape index (κ2) is 7.04. The van der Waals surface area contributed by atoms with Crippen LogP contribution in [-0.2, 0) is 6.54 Å². The van der Waals surface area contributed by atoms with E-state index in [2.05, 4.69) is 25.6 Å². The standard InChI is InChI=1S/C13H15N5O3/c1-20-12-16-10(17-13(18-12)21-2)8-14-11(19)15-9-6-4-3-5-7-9/h3-7H,8H2,1-2H3,(H2,14,15,19). The minimum atomic E-state index is -0.362. The van der Waals surface area contributed by atoms with E-state index in [0.29, 0.717) is 11.5 Å². The third-order valence-corrected chi connectivity index (χ3v) is 2.44. The van der Waals surface area contributed by atoms with Gasteiger partial charge in [0, 0.05) is 5.69 Å². The molecule has 0 radical (unpaired) electrons. The first-order valence-corrected chi connectivity index (χ1v) is 6.14. The molecule has 0 unspecified atom stereocenters. The van der Waals surface area contributed by atoms with Crippen LogP contribution in [-0.4, -0.2) is 35.2 Å². The van der Waals surface area contributed by atoms with Crippen molar-refractivity contribution in [3.63, 3.8) is 0 Å². The Morgan fingerprint density at radius 1 is 1.05 bits per heavy atom. The van der Waals surface area contributed by atoms with Crippen molar-refractivity contribution in [2.24, 2.45) is 0 Å². The number of para-hydroxylation sites is 1. The summed E-state index contributed by atoms with van der Waals surface area (Å²) in [5, 5.41) is 5.32. The largest absolute Gasteiger partial charge is 0.467 e. The van der Waals surface area contributed by atoms with Crippen LogP contribution in [0.5, 0.6) is 12.0 Å². The molecule has 1 heterocycles. The lowest BCUT2D eigenvalue weighted by atomic mass is 10.3. The summed E-state index contributed by atoms with van der Waals surface area (Å²) in [5.74, 6) is 0.335. The van der Waals surface area contributed by atoms with E-state index in [1.807, 2.05) is 18.2 Å². The molecule has 0 spiro atoms. The van der Waals surface area contributed by atoms with E-state index in [1.165, 1.54) is 14.2 Å². The normalized spacial score (nSPS) is 9.81. The number of carbonyl (C=O) groups is 1. The molecular weight excluding hydrogens is 274 g/mol. The fraction of sp³-hybridized carbons (Fsp3) is 0.231. The first-order valence-electron chi connectivity index (χ1n) is 6.14. The van der Waals surface area contributed by atoms with E-state index < -0.39 is 0 Å². The number of hydrogen-bond acceptors (Lipinski definition) is 6. The number of rotatable bonds is 5. The molecule has 0 fully saturated rings. The molecule has 110 valence electrons. The van der Waals surface area contributed by atoms with Gasteiger partial charge in [0.1, 0.15) is 0 Å². The van der Waals surface area contributed by atoms with Gasteiger partial charge in [0.2, 0.25) is 0 Å². The summed E-state index contributed by atoms with van der Waals surface area (Å²) in [4.78, 5) is 23.6. The van der Waals surface area contributed by atoms with Gasteiger partial charge >= 0.3 is 18.1 Å². The third-order valence-electron chi connectivity index (χ3n) is 2.44. The highest BCUT2D eigenvalue weighted by molar-refractivity contribution is 5.89. The van der Waals surface area contributed by atoms with E-state index in [-0.39, 0.29) is 24.6 Å². The van der Waals surface area contributed by atoms with E-state index >= 15 is 0 Å². The molecule has 2 rings (SSSR count). The maximum absolute atomic E-state index is 11.7. The smallest absolute Gasteiger partial charge is 0.322 e. The molecule has 21 heavy (non-hydrogen) atoms. The number of benzene rings is 1. The fourth-order valence-electron chi connectivity index (χ4n) is 1.50. The number of hydrogen-bond donors (Lipinski definition) is 2. The van der Waals surface area contributed by atoms with Crippen molar-refractivity contribution in [1.82, 2.24) is 20.3 Å². The molecular formula is C13H15N5O3. The summed E-state index contributed by atoms with van der Waals surface area (Å²) in [6.45, 7) is 0.119. The number of carbonyl (C=O) groups excluding carboxylic acids is 1. The number of amides is 2. The average Bonchev–Trinajstić information content (AvgIpc) is 2.53. The minimum absolute atomic E-state index is 0.119. The van der Waals surface area contributed by atoms with Gasteiger partial charge in [0.25, 0.3) is 0 Å². The lowest BCUT2D eigenvalue weighted by Gasteiger charge is -2.08. The zero-order chi connectivity index (χ0) is 15.1. The molecule has 0 saturated carbocycles. The Bertz CT molecular complexity index is 584. The summed E-state index contributed by atoms with van der Waals surface area (Å²) < 4.78 is 9.86. The zero-order valence-electron chi connectivity index (χ0n) is 11.7. The molecule has 8 heteroatoms. The van der Waals surface area contributed by atoms with Crippen LogP contribution in [0.4, 0.5) is 10.5 Å². The number of nitrogens with zero attached hydrogens (tertiary/aromatic N) is 3. The van der Waals surface area contributed by atoms with E-state index in [0.717, 1.165) is 0 Å². The molecule has 0 aliphatic heterocycles. The molecule has 2 N–H and O–H groups in total. The summed E-state index contributed by atoms with van der Waals surface area (Å²) in [5.41, 5.74) is 0.695. The second-order valence-electron chi connectivity index (χ2n) is 3.90. The van der Waals surface area contributed by atoms with Crippen LogP contribution in [0.15, 0.2) is 30.3 Å². The summed E-state index contributed by atoms with van der Waals surface area (Å²) in [6.07, 6.45) is 0. The van der Waals surface area contributed by atoms with Gasteiger partial charge in [0.15, 0.2) is 5.82 Å². The van der Waals surface area contributed by atoms with Crippen molar-refractivity contribution in [3.05, 3.63) is 36.2 Å². The fourth-order valence-corrected chi connectivity index (χ4v) is 1.50. The number of anilines is 1. The highest BCUT2D eigenvalue weighted by Crippen LogP contribution is 2.08. The van der Waals surface area contributed by atoms with Crippen molar-refractivity contribution in [3.8, 4) is 12.0 Å². The topological polar surface area (TPSA) is 98.3 Å². The quantitative estimate of drug-likeness (QED) is 0.858. The van der Waals surface area contributed by atoms with Crippen molar-refractivity contribution in [2.45, 2.75) is 6.54 Å². The van der Waals surface area contributed by atoms with Gasteiger partial charge in [-0.25, -0.2) is 4.79 Å². The van der Waals surface area contributed by atoms with Gasteiger partial charge in [0.05, 0.1) is 20.8 Å². The predicted molar refractivity (Wildman–Crippen MR) is 75.2 cm³/mol. The third kappa shape index (κ3) is 4.30. The Labute approximate surface area is 121 Å². The van der Waals surface area contributed by atoms with Crippen LogP contribution in [0.1, 0.15) is 5.82 Å². The van der Waals surface area contributed by atoms with Crippen molar-refractivity contribution < 1.29 is 14.3 Å². The molecule has 0 saturated heterocycles. The molecule has 0 aliphatic rings. The number of nitrogens with one attached hydrogen (secondary N) is 2. The minimum Gasteiger partial charge on any atom is -0.467 e. The molecule has 1 aromatic carbocycles. The van der Waals surface area contributed by atoms with Crippen LogP contribution in [0, 0.1) is 0 Å². The maximum Gasteiger partial charge on any atom is 0.322 e. The van der Waals surface area contributed by atoms with Crippen LogP contribution in [0.25, 0.3) is 0 Å². The van der Waals surface area contributed by atoms with Gasteiger partial charge in [-0.15, -0.1) is 4.98 Å². The van der Waals surface area contributed by atoms with Crippen molar-refractivity contribution in [2.75, 3.05) is 19.5 Å². The summed E-state index contributed by atoms with van der Waals surface area (Å²) in [7, 11) is 2.88. The lowest BCUT2D eigenvalue weighted by Crippen LogP contribution is -2.29. The Morgan fingerprint density at radius 2 is 1.67 bits per heavy atom. The van der Waals surface area contributed by atoms with Crippen LogP contribution < -0.4 is 20.1 Å².